The van der Waals surface area contributed by atoms with E-state index in [1.807, 2.05) is 24.0 Å². The van der Waals surface area contributed by atoms with Gasteiger partial charge in [0.05, 0.1) is 10.9 Å². The summed E-state index contributed by atoms with van der Waals surface area (Å²) in [6.45, 7) is 6.80. The van der Waals surface area contributed by atoms with Gasteiger partial charge in [-0.3, -0.25) is 4.79 Å². The van der Waals surface area contributed by atoms with E-state index >= 15 is 0 Å². The van der Waals surface area contributed by atoms with Crippen LogP contribution in [0.25, 0.3) is 16.6 Å². The zero-order chi connectivity index (χ0) is 37.8. The maximum absolute atomic E-state index is 13.1. The molecule has 286 valence electrons. The molecule has 5 atom stereocenters. The molecule has 0 spiro atoms. The number of allylic oxidation sites excluding steroid dienone is 4. The van der Waals surface area contributed by atoms with Crippen LogP contribution in [0, 0.1) is 29.5 Å². The molecule has 5 unspecified atom stereocenters. The van der Waals surface area contributed by atoms with Crippen LogP contribution >= 0.6 is 0 Å². The summed E-state index contributed by atoms with van der Waals surface area (Å²) >= 11 is 0. The number of amides is 2. The number of unbranched alkanes of at least 4 members (excludes halogenated alkanes) is 1. The number of nitrogens with zero attached hydrogens (tertiary/aromatic N) is 4. The molecule has 7 rings (SSSR count). The molecule has 1 aliphatic heterocycles. The van der Waals surface area contributed by atoms with Crippen LogP contribution in [-0.2, 0) is 16.1 Å². The third kappa shape index (κ3) is 8.86. The van der Waals surface area contributed by atoms with E-state index in [2.05, 4.69) is 62.6 Å². The molecule has 2 fully saturated rings. The van der Waals surface area contributed by atoms with E-state index in [-0.39, 0.29) is 17.8 Å². The number of anilines is 2. The highest BCUT2D eigenvalue weighted by Gasteiger charge is 2.43. The number of nitrogens with one attached hydrogen (secondary N) is 2. The van der Waals surface area contributed by atoms with Gasteiger partial charge in [-0.2, -0.15) is 0 Å². The Labute approximate surface area is 316 Å². The van der Waals surface area contributed by atoms with Crippen LogP contribution in [0.1, 0.15) is 70.8 Å². The van der Waals surface area contributed by atoms with Gasteiger partial charge in [0, 0.05) is 43.5 Å². The Morgan fingerprint density at radius 2 is 1.91 bits per heavy atom. The fraction of sp³-hybridized carbons (Fsp3) is 0.476. The van der Waals surface area contributed by atoms with Gasteiger partial charge in [-0.05, 0) is 111 Å². The van der Waals surface area contributed by atoms with Crippen LogP contribution in [-0.4, -0.2) is 68.0 Å². The number of benzene rings is 1. The van der Waals surface area contributed by atoms with Crippen molar-refractivity contribution in [3.05, 3.63) is 90.2 Å². The second-order valence-electron chi connectivity index (χ2n) is 15.9. The minimum absolute atomic E-state index is 0.0419. The Bertz CT molecular complexity index is 1960. The number of rotatable bonds is 13. The highest BCUT2D eigenvalue weighted by Crippen LogP contribution is 2.43. The Hall–Kier alpha value is -4.97. The minimum atomic E-state index is -0.774. The first-order chi connectivity index (χ1) is 26.0. The van der Waals surface area contributed by atoms with Gasteiger partial charge in [-0.25, -0.2) is 19.2 Å². The topological polar surface area (TPSA) is 148 Å². The van der Waals surface area contributed by atoms with Crippen molar-refractivity contribution in [2.75, 3.05) is 30.7 Å². The molecule has 2 aromatic heterocycles. The lowest BCUT2D eigenvalue weighted by Crippen LogP contribution is -2.44. The predicted octanol–water partition coefficient (Wildman–Crippen LogP) is 6.98. The third-order valence-electron chi connectivity index (χ3n) is 11.4. The average molecular weight is 738 g/mol. The Morgan fingerprint density at radius 1 is 1.13 bits per heavy atom. The van der Waals surface area contributed by atoms with Gasteiger partial charge >= 0.3 is 6.09 Å². The molecular weight excluding hydrogens is 686 g/mol. The van der Waals surface area contributed by atoms with Crippen LogP contribution in [0.4, 0.5) is 20.7 Å². The van der Waals surface area contributed by atoms with Crippen LogP contribution in [0.15, 0.2) is 78.8 Å². The largest absolute Gasteiger partial charge is 0.445 e. The monoisotopic (exact) mass is 737 g/mol. The normalized spacial score (nSPS) is 25.3. The van der Waals surface area contributed by atoms with Crippen molar-refractivity contribution in [3.63, 3.8) is 0 Å². The molecule has 5 N–H and O–H groups in total. The van der Waals surface area contributed by atoms with Crippen molar-refractivity contribution >= 4 is 40.1 Å². The summed E-state index contributed by atoms with van der Waals surface area (Å²) in [5.74, 6) is 1.93. The van der Waals surface area contributed by atoms with Gasteiger partial charge in [0.1, 0.15) is 36.4 Å². The number of aliphatic hydroxyl groups is 1. The van der Waals surface area contributed by atoms with Gasteiger partial charge in [-0.15, -0.1) is 0 Å². The maximum atomic E-state index is 13.1. The average Bonchev–Trinajstić information content (AvgIpc) is 3.83. The maximum Gasteiger partial charge on any atom is 0.410 e. The first kappa shape index (κ1) is 37.3. The van der Waals surface area contributed by atoms with E-state index in [9.17, 15) is 19.1 Å². The number of halogens is 1. The van der Waals surface area contributed by atoms with Crippen LogP contribution in [0.5, 0.6) is 0 Å². The molecule has 0 radical (unpaired) electrons. The second-order valence-corrected chi connectivity index (χ2v) is 15.9. The molecule has 2 amide bonds. The van der Waals surface area contributed by atoms with E-state index in [1.54, 1.807) is 12.1 Å². The molecule has 54 heavy (non-hydrogen) atoms. The number of ether oxygens (including phenoxy) is 1. The highest BCUT2D eigenvalue weighted by atomic mass is 19.1. The van der Waals surface area contributed by atoms with E-state index in [1.165, 1.54) is 18.5 Å². The summed E-state index contributed by atoms with van der Waals surface area (Å²) in [6.07, 6.45) is 21.1. The van der Waals surface area contributed by atoms with E-state index in [0.29, 0.717) is 73.9 Å². The number of carbonyl (C=O) groups is 2. The van der Waals surface area contributed by atoms with E-state index in [0.717, 1.165) is 66.6 Å². The zero-order valence-electron chi connectivity index (χ0n) is 31.2. The molecular formula is C42H52FN7O4. The highest BCUT2D eigenvalue weighted by molar-refractivity contribution is 6.00. The SMILES string of the molecule is CC1C=C(COC(=O)N2CC3CC(Cn4cc(C5=CCC(C)(NC(=O)CCCCC(O)Nc6ccc(F)cc6)C=C5)c5c(N)ncnc54)CC3C2)C=CC1. The van der Waals surface area contributed by atoms with Crippen LogP contribution in [0.2, 0.25) is 0 Å². The number of hydrogen-bond acceptors (Lipinski definition) is 8. The second kappa shape index (κ2) is 16.2. The van der Waals surface area contributed by atoms with Crippen molar-refractivity contribution in [3.8, 4) is 0 Å². The number of nitrogen functional groups attached to an aromatic ring is 1. The third-order valence-corrected chi connectivity index (χ3v) is 11.4. The Kier molecular flexibility index (Phi) is 11.2. The quantitative estimate of drug-likeness (QED) is 0.109. The Balaban J connectivity index is 0.899. The first-order valence-corrected chi connectivity index (χ1v) is 19.3. The molecule has 12 heteroatoms. The number of carbonyl (C=O) groups excluding carboxylic acids is 2. The van der Waals surface area contributed by atoms with Crippen molar-refractivity contribution in [1.29, 1.82) is 0 Å². The van der Waals surface area contributed by atoms with Crippen molar-refractivity contribution in [2.45, 2.75) is 83.5 Å². The number of nitrogens with two attached hydrogens (primary N) is 1. The first-order valence-electron chi connectivity index (χ1n) is 19.3. The summed E-state index contributed by atoms with van der Waals surface area (Å²) in [5.41, 5.74) is 10.4. The predicted molar refractivity (Wildman–Crippen MR) is 208 cm³/mol. The standard InChI is InChI=1S/C42H52FN7O4/c1-27-6-5-7-28(18-27)25-54-41(53)50-22-31-19-29(20-32(31)23-50)21-49-24-35(38-39(44)45-26-46-40(38)49)30-14-16-42(2,17-15-30)48-37(52)9-4-3-8-36(51)47-34-12-10-33(43)11-13-34/h5,7,10-16,18,24,26-27,29,31-32,36,47,51H,3-4,6,8-9,17,19-23,25H2,1-2H3,(H,48,52)(H2,44,45,46). The fourth-order valence-electron chi connectivity index (χ4n) is 8.60. The molecule has 1 aromatic carbocycles. The van der Waals surface area contributed by atoms with Gasteiger partial charge < -0.3 is 35.7 Å². The van der Waals surface area contributed by atoms with Gasteiger partial charge in [0.25, 0.3) is 0 Å². The minimum Gasteiger partial charge on any atom is -0.445 e. The molecule has 3 aliphatic carbocycles. The lowest BCUT2D eigenvalue weighted by atomic mass is 9.88. The number of likely N-dealkylation sites (tertiary alicyclic amines) is 1. The summed E-state index contributed by atoms with van der Waals surface area (Å²) in [6, 6.07) is 5.84. The lowest BCUT2D eigenvalue weighted by molar-refractivity contribution is -0.122. The molecule has 11 nitrogen and oxygen atoms in total. The lowest BCUT2D eigenvalue weighted by Gasteiger charge is -2.29. The molecule has 0 bridgehead atoms. The smallest absolute Gasteiger partial charge is 0.410 e. The molecule has 3 aromatic rings. The molecule has 4 aliphatic rings. The summed E-state index contributed by atoms with van der Waals surface area (Å²) in [7, 11) is 0. The number of aromatic nitrogens is 3. The summed E-state index contributed by atoms with van der Waals surface area (Å²) in [5, 5.41) is 17.2. The number of aliphatic hydroxyl groups excluding tert-OH is 1. The molecule has 3 heterocycles. The molecule has 1 saturated heterocycles. The van der Waals surface area contributed by atoms with Crippen molar-refractivity contribution < 1.29 is 23.8 Å². The van der Waals surface area contributed by atoms with Crippen molar-refractivity contribution in [1.82, 2.24) is 24.8 Å². The Morgan fingerprint density at radius 3 is 2.63 bits per heavy atom. The van der Waals surface area contributed by atoms with Gasteiger partial charge in [-0.1, -0.05) is 43.4 Å². The van der Waals surface area contributed by atoms with E-state index < -0.39 is 11.8 Å². The molecule has 1 saturated carbocycles. The fourth-order valence-corrected chi connectivity index (χ4v) is 8.60. The van der Waals surface area contributed by atoms with Gasteiger partial charge in [0.15, 0.2) is 0 Å². The zero-order valence-corrected chi connectivity index (χ0v) is 31.2. The van der Waals surface area contributed by atoms with Gasteiger partial charge in [0.2, 0.25) is 5.91 Å². The number of fused-ring (bicyclic) bond motifs is 2. The summed E-state index contributed by atoms with van der Waals surface area (Å²) in [4.78, 5) is 36.7. The summed E-state index contributed by atoms with van der Waals surface area (Å²) < 4.78 is 21.0. The van der Waals surface area contributed by atoms with Crippen LogP contribution in [0.3, 0.4) is 0 Å². The van der Waals surface area contributed by atoms with Crippen molar-refractivity contribution in [2.24, 2.45) is 23.7 Å². The van der Waals surface area contributed by atoms with E-state index in [4.69, 9.17) is 10.5 Å². The van der Waals surface area contributed by atoms with Crippen LogP contribution < -0.4 is 16.4 Å². The number of hydrogen-bond donors (Lipinski definition) is 4.